The van der Waals surface area contributed by atoms with Crippen LogP contribution in [-0.2, 0) is 14.4 Å². The number of aromatic nitrogens is 1. The highest BCUT2D eigenvalue weighted by atomic mass is 19.4. The molecule has 0 aliphatic heterocycles. The number of para-hydroxylation sites is 1. The van der Waals surface area contributed by atoms with Gasteiger partial charge < -0.3 is 32.3 Å². The minimum Gasteiger partial charge on any atom is -0.340 e. The molecule has 2 atom stereocenters. The van der Waals surface area contributed by atoms with E-state index in [1.165, 1.54) is 25.1 Å². The first kappa shape index (κ1) is 35.1. The van der Waals surface area contributed by atoms with Crippen molar-refractivity contribution in [3.05, 3.63) is 72.5 Å². The third kappa shape index (κ3) is 10.6. The summed E-state index contributed by atoms with van der Waals surface area (Å²) in [7, 11) is 1.37. The fraction of sp³-hybridized carbons (Fsp3) is 0.400. The molecule has 0 spiro atoms. The van der Waals surface area contributed by atoms with E-state index in [4.69, 9.17) is 17.2 Å². The molecule has 0 aliphatic carbocycles. The highest BCUT2D eigenvalue weighted by Gasteiger charge is 2.32. The largest absolute Gasteiger partial charge is 0.416 e. The summed E-state index contributed by atoms with van der Waals surface area (Å²) in [4.78, 5) is 46.3. The minimum atomic E-state index is -4.56. The number of hydrogen-bond acceptors (Lipinski definition) is 7. The lowest BCUT2D eigenvalue weighted by atomic mass is 10.0. The van der Waals surface area contributed by atoms with Crippen LogP contribution in [0.15, 0.2) is 72.5 Å². The van der Waals surface area contributed by atoms with E-state index < -0.39 is 35.6 Å². The molecule has 0 saturated carbocycles. The molecule has 13 heteroatoms. The molecule has 1 heterocycles. The molecule has 3 amide bonds. The van der Waals surface area contributed by atoms with Gasteiger partial charge in [0, 0.05) is 51.5 Å². The van der Waals surface area contributed by atoms with Crippen molar-refractivity contribution in [2.75, 3.05) is 38.5 Å². The first-order valence-corrected chi connectivity index (χ1v) is 13.8. The number of nitrogens with two attached hydrogens (primary N) is 3. The first-order valence-electron chi connectivity index (χ1n) is 13.8. The number of nitrogens with one attached hydrogen (secondary N) is 1. The summed E-state index contributed by atoms with van der Waals surface area (Å²) in [6.07, 6.45) is -0.411. The van der Waals surface area contributed by atoms with Crippen LogP contribution in [0.5, 0.6) is 0 Å². The minimum absolute atomic E-state index is 0.00628. The van der Waals surface area contributed by atoms with Gasteiger partial charge in [0.2, 0.25) is 17.7 Å². The summed E-state index contributed by atoms with van der Waals surface area (Å²) < 4.78 is 39.5. The molecule has 1 aromatic heterocycles. The van der Waals surface area contributed by atoms with Crippen molar-refractivity contribution in [2.45, 2.75) is 44.4 Å². The lowest BCUT2D eigenvalue weighted by Gasteiger charge is -2.30. The van der Waals surface area contributed by atoms with Crippen LogP contribution in [0.3, 0.4) is 0 Å². The molecule has 1 aromatic carbocycles. The lowest BCUT2D eigenvalue weighted by molar-refractivity contribution is -0.138. The SMILES string of the molecule is C=C(C=CC(=CC)C(F)(F)F)CC(C(=O)Nc1cnc2ccccc2c1)N(C)C(=O)C(N)CCC(=O)N(CCN)CCN. The normalized spacial score (nSPS) is 13.5. The molecule has 7 N–H and O–H groups in total. The van der Waals surface area contributed by atoms with Crippen LogP contribution in [0.1, 0.15) is 26.2 Å². The van der Waals surface area contributed by atoms with Crippen LogP contribution in [0.2, 0.25) is 0 Å². The first-order chi connectivity index (χ1) is 20.3. The molecule has 2 rings (SSSR count). The number of alkyl halides is 3. The van der Waals surface area contributed by atoms with Crippen LogP contribution in [0.25, 0.3) is 10.9 Å². The number of carbonyl (C=O) groups is 3. The van der Waals surface area contributed by atoms with E-state index in [9.17, 15) is 27.6 Å². The van der Waals surface area contributed by atoms with Gasteiger partial charge in [0.05, 0.1) is 29.0 Å². The number of pyridine rings is 1. The smallest absolute Gasteiger partial charge is 0.340 e. The van der Waals surface area contributed by atoms with Gasteiger partial charge in [-0.1, -0.05) is 48.6 Å². The van der Waals surface area contributed by atoms with Crippen LogP contribution in [0.4, 0.5) is 18.9 Å². The fourth-order valence-electron chi connectivity index (χ4n) is 4.30. The molecular weight excluding hydrogens is 563 g/mol. The Bertz CT molecular complexity index is 1340. The summed E-state index contributed by atoms with van der Waals surface area (Å²) in [6, 6.07) is 6.66. The van der Waals surface area contributed by atoms with Gasteiger partial charge >= 0.3 is 6.18 Å². The van der Waals surface area contributed by atoms with Crippen molar-refractivity contribution in [3.8, 4) is 0 Å². The van der Waals surface area contributed by atoms with Crippen LogP contribution >= 0.6 is 0 Å². The average Bonchev–Trinajstić information content (AvgIpc) is 2.97. The summed E-state index contributed by atoms with van der Waals surface area (Å²) in [5, 5.41) is 3.50. The van der Waals surface area contributed by atoms with Crippen LogP contribution < -0.4 is 22.5 Å². The maximum Gasteiger partial charge on any atom is 0.416 e. The lowest BCUT2D eigenvalue weighted by Crippen LogP contribution is -2.51. The molecule has 0 aliphatic rings. The van der Waals surface area contributed by atoms with E-state index in [0.717, 1.165) is 28.5 Å². The number of halogens is 3. The Labute approximate surface area is 249 Å². The maximum atomic E-state index is 13.5. The van der Waals surface area contributed by atoms with Crippen molar-refractivity contribution >= 4 is 34.3 Å². The Morgan fingerprint density at radius 1 is 1.12 bits per heavy atom. The number of allylic oxidation sites excluding steroid dienone is 4. The van der Waals surface area contributed by atoms with Crippen molar-refractivity contribution in [1.29, 1.82) is 0 Å². The number of rotatable bonds is 15. The van der Waals surface area contributed by atoms with E-state index in [1.807, 2.05) is 24.3 Å². The van der Waals surface area contributed by atoms with Gasteiger partial charge in [0.1, 0.15) is 6.04 Å². The molecule has 234 valence electrons. The Hall–Kier alpha value is -4.07. The molecule has 2 aromatic rings. The topological polar surface area (TPSA) is 161 Å². The van der Waals surface area contributed by atoms with E-state index in [-0.39, 0.29) is 43.8 Å². The van der Waals surface area contributed by atoms with Gasteiger partial charge in [-0.05, 0) is 25.5 Å². The van der Waals surface area contributed by atoms with Crippen molar-refractivity contribution in [3.63, 3.8) is 0 Å². The third-order valence-electron chi connectivity index (χ3n) is 6.71. The summed E-state index contributed by atoms with van der Waals surface area (Å²) in [5.74, 6) is -1.51. The second-order valence-corrected chi connectivity index (χ2v) is 9.91. The zero-order valence-corrected chi connectivity index (χ0v) is 24.4. The predicted octanol–water partition coefficient (Wildman–Crippen LogP) is 2.86. The van der Waals surface area contributed by atoms with E-state index >= 15 is 0 Å². The van der Waals surface area contributed by atoms with Gasteiger partial charge in [-0.2, -0.15) is 13.2 Å². The molecule has 0 saturated heterocycles. The molecule has 0 radical (unpaired) electrons. The predicted molar refractivity (Wildman–Crippen MR) is 162 cm³/mol. The van der Waals surface area contributed by atoms with E-state index in [1.54, 1.807) is 6.07 Å². The number of carbonyl (C=O) groups excluding carboxylic acids is 3. The van der Waals surface area contributed by atoms with E-state index in [0.29, 0.717) is 24.3 Å². The average molecular weight is 604 g/mol. The van der Waals surface area contributed by atoms with Crippen molar-refractivity contribution in [2.24, 2.45) is 17.2 Å². The molecule has 10 nitrogen and oxygen atoms in total. The van der Waals surface area contributed by atoms with Crippen molar-refractivity contribution < 1.29 is 27.6 Å². The number of likely N-dealkylation sites (N-methyl/N-ethyl adjacent to an activating group) is 1. The molecule has 0 fully saturated rings. The van der Waals surface area contributed by atoms with Gasteiger partial charge in [0.25, 0.3) is 0 Å². The number of hydrogen-bond donors (Lipinski definition) is 4. The number of amides is 3. The number of nitrogens with zero attached hydrogens (tertiary/aromatic N) is 3. The zero-order valence-electron chi connectivity index (χ0n) is 24.4. The second kappa shape index (κ2) is 16.5. The number of benzene rings is 1. The zero-order chi connectivity index (χ0) is 32.2. The number of fused-ring (bicyclic) bond motifs is 1. The quantitative estimate of drug-likeness (QED) is 0.228. The third-order valence-corrected chi connectivity index (χ3v) is 6.71. The highest BCUT2D eigenvalue weighted by Crippen LogP contribution is 2.27. The molecule has 0 bridgehead atoms. The van der Waals surface area contributed by atoms with Gasteiger partial charge in [-0.15, -0.1) is 0 Å². The molecular formula is C30H40F3N7O3. The Morgan fingerprint density at radius 3 is 2.37 bits per heavy atom. The summed E-state index contributed by atoms with van der Waals surface area (Å²) in [5.41, 5.74) is 17.6. The van der Waals surface area contributed by atoms with E-state index in [2.05, 4.69) is 16.9 Å². The Balaban J connectivity index is 2.25. The van der Waals surface area contributed by atoms with Gasteiger partial charge in [0.15, 0.2) is 0 Å². The number of anilines is 1. The fourth-order valence-corrected chi connectivity index (χ4v) is 4.30. The molecule has 43 heavy (non-hydrogen) atoms. The maximum absolute atomic E-state index is 13.5. The van der Waals surface area contributed by atoms with Gasteiger partial charge in [-0.25, -0.2) is 0 Å². The summed E-state index contributed by atoms with van der Waals surface area (Å²) in [6.45, 7) is 6.18. The monoisotopic (exact) mass is 603 g/mol. The van der Waals surface area contributed by atoms with Crippen LogP contribution in [-0.4, -0.2) is 84.0 Å². The molecule has 2 unspecified atom stereocenters. The van der Waals surface area contributed by atoms with Crippen molar-refractivity contribution in [1.82, 2.24) is 14.8 Å². The Kier molecular flexibility index (Phi) is 13.5. The Morgan fingerprint density at radius 2 is 1.77 bits per heavy atom. The standard InChI is InChI=1S/C30H40F3N7O3/c1-4-22(30(31,32)33)10-9-20(2)17-26(28(42)38-23-18-21-7-5-6-8-25(21)37-19-23)39(3)29(43)24(36)11-12-27(41)40(15-13-34)16-14-35/h4-10,18-19,24,26H,2,11-17,34-36H2,1,3H3,(H,38,42). The van der Waals surface area contributed by atoms with Crippen LogP contribution in [0, 0.1) is 0 Å². The van der Waals surface area contributed by atoms with Gasteiger partial charge in [-0.3, -0.25) is 19.4 Å². The second-order valence-electron chi connectivity index (χ2n) is 9.91. The summed E-state index contributed by atoms with van der Waals surface area (Å²) >= 11 is 0. The highest BCUT2D eigenvalue weighted by molar-refractivity contribution is 5.99.